The molecule has 4 heteroatoms. The molecule has 1 rings (SSSR count). The third-order valence-corrected chi connectivity index (χ3v) is 2.07. The number of methoxy groups -OCH3 is 1. The van der Waals surface area contributed by atoms with Gasteiger partial charge in [-0.3, -0.25) is 4.79 Å². The first-order valence-electron chi connectivity index (χ1n) is 3.97. The fraction of sp³-hybridized carbons (Fsp3) is 0.444. The second kappa shape index (κ2) is 3.62. The summed E-state index contributed by atoms with van der Waals surface area (Å²) >= 11 is 0. The minimum Gasteiger partial charge on any atom is -0.481 e. The molecule has 0 aromatic carbocycles. The summed E-state index contributed by atoms with van der Waals surface area (Å²) in [5, 5.41) is 9.02. The highest BCUT2D eigenvalue weighted by Gasteiger charge is 2.37. The molecule has 4 nitrogen and oxygen atoms in total. The zero-order valence-electron chi connectivity index (χ0n) is 7.49. The molecule has 0 aromatic rings. The third-order valence-electron chi connectivity index (χ3n) is 2.07. The summed E-state index contributed by atoms with van der Waals surface area (Å²) in [7, 11) is 1.48. The van der Waals surface area contributed by atoms with E-state index in [9.17, 15) is 4.79 Å². The van der Waals surface area contributed by atoms with Crippen LogP contribution in [0.2, 0.25) is 0 Å². The van der Waals surface area contributed by atoms with Crippen molar-refractivity contribution in [2.45, 2.75) is 6.42 Å². The topological polar surface area (TPSA) is 72.5 Å². The van der Waals surface area contributed by atoms with Crippen LogP contribution in [0.4, 0.5) is 0 Å². The number of rotatable bonds is 3. The van der Waals surface area contributed by atoms with Crippen LogP contribution in [0, 0.1) is 5.41 Å². The van der Waals surface area contributed by atoms with Crippen molar-refractivity contribution < 1.29 is 14.6 Å². The molecule has 1 atom stereocenters. The molecule has 0 radical (unpaired) electrons. The molecule has 3 N–H and O–H groups in total. The Morgan fingerprint density at radius 2 is 2.54 bits per heavy atom. The minimum atomic E-state index is -0.979. The van der Waals surface area contributed by atoms with Crippen molar-refractivity contribution in [3.8, 4) is 0 Å². The van der Waals surface area contributed by atoms with Gasteiger partial charge in [0.2, 0.25) is 0 Å². The minimum absolute atomic E-state index is 0.146. The molecule has 0 bridgehead atoms. The lowest BCUT2D eigenvalue weighted by Crippen LogP contribution is -2.36. The summed E-state index contributed by atoms with van der Waals surface area (Å²) in [6.45, 7) is 0.146. The van der Waals surface area contributed by atoms with Gasteiger partial charge >= 0.3 is 5.97 Å². The van der Waals surface area contributed by atoms with Gasteiger partial charge in [-0.15, -0.1) is 0 Å². The highest BCUT2D eigenvalue weighted by Crippen LogP contribution is 2.30. The highest BCUT2D eigenvalue weighted by molar-refractivity contribution is 5.78. The first-order valence-corrected chi connectivity index (χ1v) is 3.97. The smallest absolute Gasteiger partial charge is 0.316 e. The van der Waals surface area contributed by atoms with Crippen LogP contribution in [0.15, 0.2) is 23.9 Å². The van der Waals surface area contributed by atoms with E-state index in [1.807, 2.05) is 0 Å². The fourth-order valence-corrected chi connectivity index (χ4v) is 1.40. The molecule has 0 saturated heterocycles. The van der Waals surface area contributed by atoms with Crippen LogP contribution in [0.3, 0.4) is 0 Å². The molecule has 0 amide bonds. The van der Waals surface area contributed by atoms with Crippen molar-refractivity contribution >= 4 is 5.97 Å². The van der Waals surface area contributed by atoms with E-state index in [4.69, 9.17) is 15.6 Å². The van der Waals surface area contributed by atoms with E-state index < -0.39 is 11.4 Å². The number of allylic oxidation sites excluding steroid dienone is 3. The van der Waals surface area contributed by atoms with Crippen LogP contribution < -0.4 is 5.73 Å². The van der Waals surface area contributed by atoms with Crippen LogP contribution in [-0.4, -0.2) is 24.8 Å². The molecule has 0 spiro atoms. The van der Waals surface area contributed by atoms with Crippen molar-refractivity contribution in [3.05, 3.63) is 23.9 Å². The van der Waals surface area contributed by atoms with Gasteiger partial charge in [0, 0.05) is 19.2 Å². The van der Waals surface area contributed by atoms with E-state index >= 15 is 0 Å². The number of nitrogens with two attached hydrogens (primary N) is 1. The number of aliphatic carboxylic acids is 1. The summed E-state index contributed by atoms with van der Waals surface area (Å²) in [4.78, 5) is 11.0. The molecule has 1 aliphatic carbocycles. The van der Waals surface area contributed by atoms with Gasteiger partial charge in [0.05, 0.1) is 6.61 Å². The quantitative estimate of drug-likeness (QED) is 0.668. The van der Waals surface area contributed by atoms with Gasteiger partial charge in [-0.25, -0.2) is 0 Å². The first-order chi connectivity index (χ1) is 6.10. The number of carboxylic acid groups (broad SMARTS) is 1. The second-order valence-electron chi connectivity index (χ2n) is 3.17. The van der Waals surface area contributed by atoms with Crippen LogP contribution in [-0.2, 0) is 9.53 Å². The molecule has 0 heterocycles. The van der Waals surface area contributed by atoms with Gasteiger partial charge < -0.3 is 15.6 Å². The summed E-state index contributed by atoms with van der Waals surface area (Å²) in [5.74, 6) is -0.901. The second-order valence-corrected chi connectivity index (χ2v) is 3.17. The maximum atomic E-state index is 11.0. The third kappa shape index (κ3) is 1.89. The Labute approximate surface area is 76.7 Å². The molecule has 0 saturated carbocycles. The van der Waals surface area contributed by atoms with E-state index in [2.05, 4.69) is 0 Å². The molecular formula is C9H13NO3. The molecule has 1 unspecified atom stereocenters. The van der Waals surface area contributed by atoms with E-state index in [-0.39, 0.29) is 6.61 Å². The lowest BCUT2D eigenvalue weighted by Gasteiger charge is -2.27. The molecule has 72 valence electrons. The summed E-state index contributed by atoms with van der Waals surface area (Å²) < 4.78 is 4.88. The van der Waals surface area contributed by atoms with Crippen LogP contribution in [0.5, 0.6) is 0 Å². The summed E-state index contributed by atoms with van der Waals surface area (Å²) in [5.41, 5.74) is 5.16. The number of hydrogen-bond donors (Lipinski definition) is 2. The first kappa shape index (κ1) is 9.80. The Bertz CT molecular complexity index is 270. The molecule has 1 aliphatic rings. The van der Waals surface area contributed by atoms with Gasteiger partial charge in [-0.05, 0) is 6.08 Å². The zero-order chi connectivity index (χ0) is 9.90. The molecule has 0 aromatic heterocycles. The lowest BCUT2D eigenvalue weighted by atomic mass is 9.81. The molecule has 0 fully saturated rings. The lowest BCUT2D eigenvalue weighted by molar-refractivity contribution is -0.148. The van der Waals surface area contributed by atoms with E-state index in [0.29, 0.717) is 12.1 Å². The normalized spacial score (nSPS) is 27.0. The van der Waals surface area contributed by atoms with Crippen molar-refractivity contribution in [3.63, 3.8) is 0 Å². The Morgan fingerprint density at radius 1 is 1.85 bits per heavy atom. The SMILES string of the molecule is COCC1(C(=O)O)C=CC=C(N)C1. The van der Waals surface area contributed by atoms with Gasteiger partial charge in [-0.1, -0.05) is 12.2 Å². The van der Waals surface area contributed by atoms with E-state index in [0.717, 1.165) is 0 Å². The Morgan fingerprint density at radius 3 is 3.00 bits per heavy atom. The van der Waals surface area contributed by atoms with Crippen LogP contribution >= 0.6 is 0 Å². The van der Waals surface area contributed by atoms with Crippen molar-refractivity contribution in [1.82, 2.24) is 0 Å². The van der Waals surface area contributed by atoms with Gasteiger partial charge in [0.25, 0.3) is 0 Å². The van der Waals surface area contributed by atoms with E-state index in [1.165, 1.54) is 7.11 Å². The highest BCUT2D eigenvalue weighted by atomic mass is 16.5. The Kier molecular flexibility index (Phi) is 2.72. The van der Waals surface area contributed by atoms with Crippen molar-refractivity contribution in [1.29, 1.82) is 0 Å². The van der Waals surface area contributed by atoms with Gasteiger partial charge in [-0.2, -0.15) is 0 Å². The van der Waals surface area contributed by atoms with E-state index in [1.54, 1.807) is 18.2 Å². The number of hydrogen-bond acceptors (Lipinski definition) is 3. The average molecular weight is 183 g/mol. The predicted molar refractivity (Wildman–Crippen MR) is 48.0 cm³/mol. The zero-order valence-corrected chi connectivity index (χ0v) is 7.49. The Balaban J connectivity index is 2.88. The van der Waals surface area contributed by atoms with Gasteiger partial charge in [0.15, 0.2) is 0 Å². The Hall–Kier alpha value is -1.29. The van der Waals surface area contributed by atoms with Crippen LogP contribution in [0.1, 0.15) is 6.42 Å². The molecule has 0 aliphatic heterocycles. The maximum Gasteiger partial charge on any atom is 0.316 e. The predicted octanol–water partition coefficient (Wildman–Crippen LogP) is 0.506. The largest absolute Gasteiger partial charge is 0.481 e. The maximum absolute atomic E-state index is 11.0. The van der Waals surface area contributed by atoms with Gasteiger partial charge in [0.1, 0.15) is 5.41 Å². The summed E-state index contributed by atoms with van der Waals surface area (Å²) in [6.07, 6.45) is 5.30. The van der Waals surface area contributed by atoms with Crippen LogP contribution in [0.25, 0.3) is 0 Å². The van der Waals surface area contributed by atoms with Crippen molar-refractivity contribution in [2.24, 2.45) is 11.1 Å². The summed E-state index contributed by atoms with van der Waals surface area (Å²) in [6, 6.07) is 0. The fourth-order valence-electron chi connectivity index (χ4n) is 1.40. The number of carbonyl (C=O) groups is 1. The molecule has 13 heavy (non-hydrogen) atoms. The number of carboxylic acids is 1. The standard InChI is InChI=1S/C9H13NO3/c1-13-6-9(8(11)12)4-2-3-7(10)5-9/h2-4H,5-6,10H2,1H3,(H,11,12). The average Bonchev–Trinajstić information content (AvgIpc) is 2.04. The van der Waals surface area contributed by atoms with Crippen molar-refractivity contribution in [2.75, 3.05) is 13.7 Å². The molecular weight excluding hydrogens is 170 g/mol. The number of ether oxygens (including phenoxy) is 1. The monoisotopic (exact) mass is 183 g/mol.